The molecule has 0 aromatic heterocycles. The Balaban J connectivity index is -0.0000000105. The van der Waals surface area contributed by atoms with E-state index in [0.717, 1.165) is 28.4 Å². The molecule has 7 nitrogen and oxygen atoms in total. The molecule has 0 heterocycles. The maximum Gasteiger partial charge on any atom is 0.0698 e. The quantitative estimate of drug-likeness (QED) is 0.201. The molecule has 0 fully saturated rings. The van der Waals surface area contributed by atoms with Crippen molar-refractivity contribution in [2.24, 2.45) is 0 Å². The van der Waals surface area contributed by atoms with Crippen LogP contribution in [-0.4, -0.2) is 85.5 Å². The number of hydrogen-bond acceptors (Lipinski definition) is 7. The largest absolute Gasteiger partial charge is 0.400 e. The zero-order valence-corrected chi connectivity index (χ0v) is 16.0. The van der Waals surface area contributed by atoms with E-state index >= 15 is 0 Å². The maximum atomic E-state index is 8.09. The molecule has 0 bridgehead atoms. The number of aliphatic hydroxyl groups excluding tert-OH is 6. The van der Waals surface area contributed by atoms with Gasteiger partial charge >= 0.3 is 0 Å². The summed E-state index contributed by atoms with van der Waals surface area (Å²) in [4.78, 5) is 0. The first kappa shape index (κ1) is 59.4. The second-order valence-electron chi connectivity index (χ2n) is 1.06. The van der Waals surface area contributed by atoms with Crippen molar-refractivity contribution >= 4 is 0 Å². The van der Waals surface area contributed by atoms with Crippen molar-refractivity contribution in [1.82, 2.24) is 0 Å². The Hall–Kier alpha value is 1.15. The van der Waals surface area contributed by atoms with Crippen LogP contribution in [0.15, 0.2) is 0 Å². The Morgan fingerprint density at radius 3 is 0.842 bits per heavy atom. The van der Waals surface area contributed by atoms with Gasteiger partial charge in [0.25, 0.3) is 0 Å². The van der Waals surface area contributed by atoms with Crippen LogP contribution < -0.4 is 0 Å². The molecular formula is C10H32O7Ti2-2. The molecule has 0 saturated heterocycles. The Morgan fingerprint density at radius 2 is 0.737 bits per heavy atom. The SMILES string of the molecule is CO.CO.CO.CO.OCCOCCO.[CH3-].[CH3-].[Ti].[Ti]. The third-order valence-corrected chi connectivity index (χ3v) is 0.471. The zero-order chi connectivity index (χ0) is 13.5. The van der Waals surface area contributed by atoms with E-state index < -0.39 is 0 Å². The van der Waals surface area contributed by atoms with Crippen LogP contribution in [0.3, 0.4) is 0 Å². The smallest absolute Gasteiger partial charge is 0.0698 e. The van der Waals surface area contributed by atoms with E-state index in [1.54, 1.807) is 0 Å². The van der Waals surface area contributed by atoms with Gasteiger partial charge in [0.2, 0.25) is 0 Å². The van der Waals surface area contributed by atoms with E-state index in [9.17, 15) is 0 Å². The third kappa shape index (κ3) is 212. The summed E-state index contributed by atoms with van der Waals surface area (Å²) >= 11 is 0. The van der Waals surface area contributed by atoms with Crippen molar-refractivity contribution in [2.75, 3.05) is 54.9 Å². The van der Waals surface area contributed by atoms with E-state index in [4.69, 9.17) is 30.6 Å². The van der Waals surface area contributed by atoms with Gasteiger partial charge in [0.05, 0.1) is 26.4 Å². The average Bonchev–Trinajstić information content (AvgIpc) is 2.40. The van der Waals surface area contributed by atoms with Crippen molar-refractivity contribution in [2.45, 2.75) is 0 Å². The molecule has 0 aliphatic heterocycles. The van der Waals surface area contributed by atoms with Crippen molar-refractivity contribution in [3.05, 3.63) is 14.9 Å². The second-order valence-corrected chi connectivity index (χ2v) is 1.06. The molecule has 0 unspecified atom stereocenters. The molecule has 9 heteroatoms. The first-order valence-corrected chi connectivity index (χ1v) is 4.00. The third-order valence-electron chi connectivity index (χ3n) is 0.471. The van der Waals surface area contributed by atoms with E-state index in [0.29, 0.717) is 13.2 Å². The molecule has 0 aliphatic carbocycles. The van der Waals surface area contributed by atoms with Gasteiger partial charge in [-0.1, -0.05) is 0 Å². The molecule has 0 rings (SSSR count). The topological polar surface area (TPSA) is 131 Å². The standard InChI is InChI=1S/C4H10O3.4CH4O.2CH3.2Ti/c5-1-3-7-4-2-6;4*1-2;;;;/h5-6H,1-4H2;4*2H,1H3;2*1H3;;/q;;;;;2*-1;;. The van der Waals surface area contributed by atoms with Crippen molar-refractivity contribution < 1.29 is 78.8 Å². The normalized spacial score (nSPS) is 4.74. The Bertz CT molecular complexity index is 45.1. The van der Waals surface area contributed by atoms with E-state index in [2.05, 4.69) is 4.74 Å². The van der Waals surface area contributed by atoms with Crippen molar-refractivity contribution in [1.29, 1.82) is 0 Å². The van der Waals surface area contributed by atoms with Crippen LogP contribution in [-0.2, 0) is 48.2 Å². The fourth-order valence-corrected chi connectivity index (χ4v) is 0.231. The summed E-state index contributed by atoms with van der Waals surface area (Å²) in [6.07, 6.45) is 0. The van der Waals surface area contributed by atoms with Gasteiger partial charge in [-0.2, -0.15) is 0 Å². The molecule has 0 spiro atoms. The summed E-state index contributed by atoms with van der Waals surface area (Å²) in [6, 6.07) is 0. The molecular weight excluding hydrogens is 328 g/mol. The summed E-state index contributed by atoms with van der Waals surface area (Å²) in [7, 11) is 4.00. The number of ether oxygens (including phenoxy) is 1. The predicted molar refractivity (Wildman–Crippen MR) is 70.4 cm³/mol. The van der Waals surface area contributed by atoms with E-state index in [-0.39, 0.29) is 71.5 Å². The van der Waals surface area contributed by atoms with Crippen LogP contribution in [0.5, 0.6) is 0 Å². The number of rotatable bonds is 4. The van der Waals surface area contributed by atoms with Crippen LogP contribution in [0.2, 0.25) is 0 Å². The van der Waals surface area contributed by atoms with Gasteiger partial charge < -0.3 is 50.2 Å². The van der Waals surface area contributed by atoms with Gasteiger partial charge in [-0.25, -0.2) is 0 Å². The Labute approximate surface area is 148 Å². The summed E-state index contributed by atoms with van der Waals surface area (Å²) in [6.45, 7) is 0.696. The fraction of sp³-hybridized carbons (Fsp3) is 0.800. The minimum absolute atomic E-state index is 0. The number of hydrogen-bond donors (Lipinski definition) is 6. The fourth-order valence-electron chi connectivity index (χ4n) is 0.231. The van der Waals surface area contributed by atoms with Crippen molar-refractivity contribution in [3.8, 4) is 0 Å². The zero-order valence-electron chi connectivity index (χ0n) is 12.9. The summed E-state index contributed by atoms with van der Waals surface area (Å²) in [5.74, 6) is 0. The minimum atomic E-state index is 0. The second kappa shape index (κ2) is 167. The molecule has 19 heavy (non-hydrogen) atoms. The summed E-state index contributed by atoms with van der Waals surface area (Å²) < 4.78 is 4.63. The molecule has 0 atom stereocenters. The Morgan fingerprint density at radius 1 is 0.579 bits per heavy atom. The molecule has 0 aromatic carbocycles. The Kier molecular flexibility index (Phi) is 522. The molecule has 0 aliphatic rings. The summed E-state index contributed by atoms with van der Waals surface area (Å²) in [5, 5.41) is 44.2. The van der Waals surface area contributed by atoms with Gasteiger partial charge in [0, 0.05) is 71.9 Å². The number of aliphatic hydroxyl groups is 6. The van der Waals surface area contributed by atoms with E-state index in [1.807, 2.05) is 0 Å². The van der Waals surface area contributed by atoms with Crippen LogP contribution >= 0.6 is 0 Å². The minimum Gasteiger partial charge on any atom is -0.400 e. The van der Waals surface area contributed by atoms with Crippen LogP contribution in [0.1, 0.15) is 0 Å². The van der Waals surface area contributed by atoms with Crippen LogP contribution in [0.25, 0.3) is 0 Å². The van der Waals surface area contributed by atoms with Gasteiger partial charge in [0.15, 0.2) is 0 Å². The molecule has 0 saturated carbocycles. The van der Waals surface area contributed by atoms with E-state index in [1.165, 1.54) is 0 Å². The maximum absolute atomic E-state index is 8.09. The van der Waals surface area contributed by atoms with Gasteiger partial charge in [-0.15, -0.1) is 0 Å². The molecule has 124 valence electrons. The molecule has 6 N–H and O–H groups in total. The molecule has 0 aromatic rings. The van der Waals surface area contributed by atoms with Gasteiger partial charge in [-0.05, 0) is 0 Å². The summed E-state index contributed by atoms with van der Waals surface area (Å²) in [5.41, 5.74) is 0. The molecule has 0 amide bonds. The predicted octanol–water partition coefficient (Wildman–Crippen LogP) is -1.68. The average molecular weight is 360 g/mol. The first-order valence-electron chi connectivity index (χ1n) is 4.00. The van der Waals surface area contributed by atoms with Crippen LogP contribution in [0, 0.1) is 14.9 Å². The first-order chi connectivity index (χ1) is 7.41. The van der Waals surface area contributed by atoms with Crippen molar-refractivity contribution in [3.63, 3.8) is 0 Å². The monoisotopic (exact) mass is 360 g/mol. The van der Waals surface area contributed by atoms with Gasteiger partial charge in [0.1, 0.15) is 0 Å². The molecule has 0 radical (unpaired) electrons. The van der Waals surface area contributed by atoms with Gasteiger partial charge in [-0.3, -0.25) is 0 Å². The van der Waals surface area contributed by atoms with Crippen LogP contribution in [0.4, 0.5) is 0 Å².